The van der Waals surface area contributed by atoms with Crippen molar-refractivity contribution in [2.75, 3.05) is 32.7 Å². The maximum Gasteiger partial charge on any atom is 0.249 e. The van der Waals surface area contributed by atoms with Crippen LogP contribution >= 0.6 is 11.6 Å². The highest BCUT2D eigenvalue weighted by molar-refractivity contribution is 6.30. The molecule has 1 aliphatic carbocycles. The number of alkyl halides is 2. The van der Waals surface area contributed by atoms with E-state index < -0.39 is 48.2 Å². The molecule has 5 nitrogen and oxygen atoms in total. The van der Waals surface area contributed by atoms with Crippen molar-refractivity contribution < 1.29 is 27.2 Å². The number of nitrogens with zero attached hydrogens (tertiary/aromatic N) is 3. The van der Waals surface area contributed by atoms with Crippen LogP contribution in [-0.4, -0.2) is 70.7 Å². The van der Waals surface area contributed by atoms with Crippen LogP contribution in [0.25, 0.3) is 0 Å². The molecule has 1 saturated carbocycles. The number of amides is 2. The molecule has 2 aliphatic heterocycles. The van der Waals surface area contributed by atoms with Crippen LogP contribution in [0.4, 0.5) is 17.6 Å². The summed E-state index contributed by atoms with van der Waals surface area (Å²) < 4.78 is 56.1. The molecule has 42 heavy (non-hydrogen) atoms. The average molecular weight is 608 g/mol. The molecular formula is C32H38ClF4N3O2. The summed E-state index contributed by atoms with van der Waals surface area (Å²) in [6.45, 7) is 7.89. The van der Waals surface area contributed by atoms with Gasteiger partial charge in [-0.05, 0) is 62.9 Å². The normalized spacial score (nSPS) is 25.6. The molecular weight excluding hydrogens is 570 g/mol. The van der Waals surface area contributed by atoms with Crippen LogP contribution in [0.1, 0.15) is 69.5 Å². The molecule has 2 amide bonds. The molecule has 0 radical (unpaired) electrons. The lowest BCUT2D eigenvalue weighted by Crippen LogP contribution is -2.52. The van der Waals surface area contributed by atoms with Crippen molar-refractivity contribution in [1.82, 2.24) is 14.7 Å². The molecule has 0 aromatic heterocycles. The first-order chi connectivity index (χ1) is 19.7. The molecule has 228 valence electrons. The van der Waals surface area contributed by atoms with Gasteiger partial charge in [0.05, 0.1) is 12.0 Å². The zero-order valence-electron chi connectivity index (χ0n) is 24.3. The van der Waals surface area contributed by atoms with E-state index in [0.717, 1.165) is 11.6 Å². The van der Waals surface area contributed by atoms with Crippen molar-refractivity contribution in [3.63, 3.8) is 0 Å². The Bertz CT molecular complexity index is 1310. The molecule has 2 aromatic rings. The van der Waals surface area contributed by atoms with Gasteiger partial charge in [0.2, 0.25) is 17.7 Å². The van der Waals surface area contributed by atoms with Crippen molar-refractivity contribution in [1.29, 1.82) is 0 Å². The minimum atomic E-state index is -2.83. The molecule has 0 spiro atoms. The molecule has 2 aromatic carbocycles. The Morgan fingerprint density at radius 1 is 0.929 bits per heavy atom. The quantitative estimate of drug-likeness (QED) is 0.365. The van der Waals surface area contributed by atoms with Gasteiger partial charge in [0.25, 0.3) is 0 Å². The van der Waals surface area contributed by atoms with Crippen molar-refractivity contribution in [3.8, 4) is 0 Å². The second-order valence-corrected chi connectivity index (χ2v) is 13.4. The highest BCUT2D eigenvalue weighted by Gasteiger charge is 2.51. The highest BCUT2D eigenvalue weighted by Crippen LogP contribution is 2.45. The van der Waals surface area contributed by atoms with Gasteiger partial charge >= 0.3 is 0 Å². The Morgan fingerprint density at radius 2 is 1.62 bits per heavy atom. The predicted molar refractivity (Wildman–Crippen MR) is 153 cm³/mol. The molecule has 0 N–H and O–H groups in total. The van der Waals surface area contributed by atoms with E-state index in [1.807, 2.05) is 32.9 Å². The Kier molecular flexibility index (Phi) is 8.65. The predicted octanol–water partition coefficient (Wildman–Crippen LogP) is 6.67. The summed E-state index contributed by atoms with van der Waals surface area (Å²) in [5, 5.41) is 0.561. The summed E-state index contributed by atoms with van der Waals surface area (Å²) in [4.78, 5) is 33.2. The van der Waals surface area contributed by atoms with E-state index in [1.54, 1.807) is 21.9 Å². The van der Waals surface area contributed by atoms with Gasteiger partial charge in [-0.2, -0.15) is 0 Å². The number of likely N-dealkylation sites (tertiary alicyclic amines) is 1. The van der Waals surface area contributed by atoms with Gasteiger partial charge in [0.1, 0.15) is 11.6 Å². The van der Waals surface area contributed by atoms with Crippen molar-refractivity contribution >= 4 is 23.4 Å². The lowest BCUT2D eigenvalue weighted by atomic mass is 9.79. The van der Waals surface area contributed by atoms with Gasteiger partial charge in [0, 0.05) is 74.0 Å². The Balaban J connectivity index is 1.39. The number of halogens is 5. The summed E-state index contributed by atoms with van der Waals surface area (Å²) in [7, 11) is 0. The number of rotatable bonds is 4. The third-order valence-electron chi connectivity index (χ3n) is 9.13. The van der Waals surface area contributed by atoms with Crippen LogP contribution in [0.3, 0.4) is 0 Å². The molecule has 3 fully saturated rings. The molecule has 2 heterocycles. The Morgan fingerprint density at radius 3 is 2.24 bits per heavy atom. The van der Waals surface area contributed by atoms with E-state index >= 15 is 0 Å². The van der Waals surface area contributed by atoms with Crippen LogP contribution in [0.5, 0.6) is 0 Å². The Hall–Kier alpha value is -2.65. The second-order valence-electron chi connectivity index (χ2n) is 13.0. The minimum Gasteiger partial charge on any atom is -0.341 e. The zero-order valence-corrected chi connectivity index (χ0v) is 25.0. The summed E-state index contributed by atoms with van der Waals surface area (Å²) in [5.74, 6) is -6.38. The number of benzene rings is 2. The van der Waals surface area contributed by atoms with Crippen LogP contribution in [0.2, 0.25) is 5.02 Å². The summed E-state index contributed by atoms with van der Waals surface area (Å²) >= 11 is 6.10. The second kappa shape index (κ2) is 11.8. The smallest absolute Gasteiger partial charge is 0.249 e. The van der Waals surface area contributed by atoms with Gasteiger partial charge in [-0.15, -0.1) is 0 Å². The molecule has 3 atom stereocenters. The topological polar surface area (TPSA) is 43.9 Å². The zero-order chi connectivity index (χ0) is 30.4. The fraction of sp³-hybridized carbons (Fsp3) is 0.562. The van der Waals surface area contributed by atoms with Gasteiger partial charge in [0.15, 0.2) is 0 Å². The molecule has 2 saturated heterocycles. The molecule has 0 bridgehead atoms. The van der Waals surface area contributed by atoms with E-state index in [2.05, 4.69) is 4.90 Å². The highest BCUT2D eigenvalue weighted by atomic mass is 35.5. The van der Waals surface area contributed by atoms with Gasteiger partial charge in [-0.25, -0.2) is 17.6 Å². The number of carbonyl (C=O) groups excluding carboxylic acids is 2. The third-order valence-corrected chi connectivity index (χ3v) is 9.38. The fourth-order valence-corrected chi connectivity index (χ4v) is 6.79. The molecule has 3 aliphatic rings. The van der Waals surface area contributed by atoms with Crippen molar-refractivity contribution in [3.05, 3.63) is 70.2 Å². The lowest BCUT2D eigenvalue weighted by Gasteiger charge is -2.43. The van der Waals surface area contributed by atoms with Crippen LogP contribution < -0.4 is 0 Å². The standard InChI is InChI=1S/C32H38ClF4N3O2/c1-31(2,3)39-18-25(24-11-10-23(34)15-27(24)35)26(19-39)30(42)38-12-4-5-28(20-6-8-22(33)9-7-20)40(14-13-38)29(41)21-16-32(36,37)17-21/h6-11,15,21,25-26,28H,4-5,12-14,16-19H2,1-3H3/t25-,26?,28-/m0/s1. The molecule has 10 heteroatoms. The SMILES string of the molecule is CC(C)(C)N1CC(C(=O)N2CCC[C@@H](c3ccc(Cl)cc3)N(C(=O)C3CC(F)(F)C3)CC2)[C@H](c2ccc(F)cc2F)C1. The maximum atomic E-state index is 15.0. The van der Waals surface area contributed by atoms with Gasteiger partial charge in [-0.3, -0.25) is 14.5 Å². The maximum absolute atomic E-state index is 15.0. The Labute approximate surface area is 249 Å². The first-order valence-corrected chi connectivity index (χ1v) is 15.0. The summed E-state index contributed by atoms with van der Waals surface area (Å²) in [5.41, 5.74) is 0.932. The number of carbonyl (C=O) groups is 2. The molecule has 1 unspecified atom stereocenters. The number of hydrogen-bond acceptors (Lipinski definition) is 3. The average Bonchev–Trinajstić information content (AvgIpc) is 3.33. The van der Waals surface area contributed by atoms with E-state index in [0.29, 0.717) is 43.1 Å². The summed E-state index contributed by atoms with van der Waals surface area (Å²) in [6, 6.07) is 10.4. The van der Waals surface area contributed by atoms with E-state index in [1.165, 1.54) is 12.1 Å². The van der Waals surface area contributed by atoms with Gasteiger partial charge in [-0.1, -0.05) is 29.8 Å². The van der Waals surface area contributed by atoms with Crippen LogP contribution in [-0.2, 0) is 9.59 Å². The number of hydrogen-bond donors (Lipinski definition) is 0. The van der Waals surface area contributed by atoms with Crippen molar-refractivity contribution in [2.45, 2.75) is 69.9 Å². The van der Waals surface area contributed by atoms with E-state index in [9.17, 15) is 27.2 Å². The van der Waals surface area contributed by atoms with Crippen LogP contribution in [0, 0.1) is 23.5 Å². The molecule has 5 rings (SSSR count). The fourth-order valence-electron chi connectivity index (χ4n) is 6.67. The first-order valence-electron chi connectivity index (χ1n) is 14.7. The lowest BCUT2D eigenvalue weighted by molar-refractivity contribution is -0.163. The summed E-state index contributed by atoms with van der Waals surface area (Å²) in [6.07, 6.45) is 0.214. The van der Waals surface area contributed by atoms with Crippen molar-refractivity contribution in [2.24, 2.45) is 11.8 Å². The monoisotopic (exact) mass is 607 g/mol. The first kappa shape index (κ1) is 30.8. The van der Waals surface area contributed by atoms with E-state index in [4.69, 9.17) is 11.6 Å². The third kappa shape index (κ3) is 6.47. The minimum absolute atomic E-state index is 0.136. The largest absolute Gasteiger partial charge is 0.341 e. The van der Waals surface area contributed by atoms with Crippen LogP contribution in [0.15, 0.2) is 42.5 Å². The van der Waals surface area contributed by atoms with E-state index in [-0.39, 0.29) is 36.5 Å². The van der Waals surface area contributed by atoms with Gasteiger partial charge < -0.3 is 9.80 Å².